The number of alkyl halides is 3. The highest BCUT2D eigenvalue weighted by Gasteiger charge is 2.27. The van der Waals surface area contributed by atoms with E-state index in [4.69, 9.17) is 4.74 Å². The molecule has 0 saturated carbocycles. The van der Waals surface area contributed by atoms with Crippen molar-refractivity contribution in [1.29, 1.82) is 0 Å². The molecule has 0 unspecified atom stereocenters. The molecule has 0 atom stereocenters. The van der Waals surface area contributed by atoms with Crippen LogP contribution in [0.25, 0.3) is 0 Å². The van der Waals surface area contributed by atoms with E-state index >= 15 is 0 Å². The zero-order valence-corrected chi connectivity index (χ0v) is 8.77. The molecular formula is C9H15F3N2O2. The molecule has 1 fully saturated rings. The van der Waals surface area contributed by atoms with Gasteiger partial charge in [0.15, 0.2) is 0 Å². The van der Waals surface area contributed by atoms with Gasteiger partial charge in [0.2, 0.25) is 0 Å². The highest BCUT2D eigenvalue weighted by Crippen LogP contribution is 2.18. The van der Waals surface area contributed by atoms with Gasteiger partial charge in [-0.25, -0.2) is 4.79 Å². The average Bonchev–Trinajstić information content (AvgIpc) is 2.17. The van der Waals surface area contributed by atoms with E-state index in [0.29, 0.717) is 12.8 Å². The molecule has 1 aliphatic heterocycles. The smallest absolute Gasteiger partial charge is 0.407 e. The second-order valence-electron chi connectivity index (χ2n) is 3.65. The molecule has 1 rings (SSSR count). The summed E-state index contributed by atoms with van der Waals surface area (Å²) in [5, 5.41) is 5.18. The maximum absolute atomic E-state index is 11.8. The summed E-state index contributed by atoms with van der Waals surface area (Å²) in [5.41, 5.74) is 0. The van der Waals surface area contributed by atoms with Gasteiger partial charge in [-0.05, 0) is 25.9 Å². The van der Waals surface area contributed by atoms with Gasteiger partial charge < -0.3 is 15.4 Å². The van der Waals surface area contributed by atoms with Crippen molar-refractivity contribution in [3.8, 4) is 0 Å². The molecule has 2 N–H and O–H groups in total. The molecule has 7 heteroatoms. The summed E-state index contributed by atoms with van der Waals surface area (Å²) in [6, 6.07) is 0. The van der Waals surface area contributed by atoms with E-state index in [9.17, 15) is 18.0 Å². The molecule has 0 bridgehead atoms. The first-order chi connectivity index (χ1) is 7.47. The predicted molar refractivity (Wildman–Crippen MR) is 51.0 cm³/mol. The molecule has 1 amide bonds. The van der Waals surface area contributed by atoms with Crippen LogP contribution in [-0.2, 0) is 4.74 Å². The molecule has 0 spiro atoms. The van der Waals surface area contributed by atoms with Gasteiger partial charge >= 0.3 is 12.3 Å². The summed E-state index contributed by atoms with van der Waals surface area (Å²) in [4.78, 5) is 11.1. The number of carbonyl (C=O) groups excluding carboxylic acids is 1. The quantitative estimate of drug-likeness (QED) is 0.784. The fourth-order valence-electron chi connectivity index (χ4n) is 1.41. The number of piperidine rings is 1. The van der Waals surface area contributed by atoms with Gasteiger partial charge in [0.1, 0.15) is 6.10 Å². The number of ether oxygens (including phenoxy) is 1. The first-order valence-corrected chi connectivity index (χ1v) is 5.19. The summed E-state index contributed by atoms with van der Waals surface area (Å²) in [6.07, 6.45) is -4.83. The predicted octanol–water partition coefficient (Wildman–Crippen LogP) is 1.42. The van der Waals surface area contributed by atoms with Crippen LogP contribution in [0.4, 0.5) is 18.0 Å². The normalized spacial score (nSPS) is 18.2. The summed E-state index contributed by atoms with van der Waals surface area (Å²) in [6.45, 7) is 1.09. The Bertz CT molecular complexity index is 227. The van der Waals surface area contributed by atoms with Crippen molar-refractivity contribution in [2.24, 2.45) is 0 Å². The lowest BCUT2D eigenvalue weighted by atomic mass is 10.1. The highest BCUT2D eigenvalue weighted by molar-refractivity contribution is 5.67. The van der Waals surface area contributed by atoms with Crippen molar-refractivity contribution in [3.63, 3.8) is 0 Å². The van der Waals surface area contributed by atoms with Gasteiger partial charge in [0, 0.05) is 6.54 Å². The molecule has 1 aliphatic rings. The van der Waals surface area contributed by atoms with Gasteiger partial charge in [-0.3, -0.25) is 0 Å². The number of halogens is 3. The molecule has 16 heavy (non-hydrogen) atoms. The van der Waals surface area contributed by atoms with Crippen LogP contribution in [0.15, 0.2) is 0 Å². The molecule has 94 valence electrons. The van der Waals surface area contributed by atoms with Crippen LogP contribution in [0.2, 0.25) is 0 Å². The number of alkyl carbamates (subject to hydrolysis) is 1. The standard InChI is InChI=1S/C9H15F3N2O2/c10-9(11,12)3-6-14-8(15)16-7-1-4-13-5-2-7/h7,13H,1-6H2,(H,14,15). The Balaban J connectivity index is 2.10. The Labute approximate surface area is 91.5 Å². The summed E-state index contributed by atoms with van der Waals surface area (Å²) in [5.74, 6) is 0. The topological polar surface area (TPSA) is 50.4 Å². The molecule has 1 saturated heterocycles. The van der Waals surface area contributed by atoms with Crippen LogP contribution in [0, 0.1) is 0 Å². The molecular weight excluding hydrogens is 225 g/mol. The van der Waals surface area contributed by atoms with Crippen molar-refractivity contribution in [2.75, 3.05) is 19.6 Å². The van der Waals surface area contributed by atoms with E-state index < -0.39 is 25.2 Å². The highest BCUT2D eigenvalue weighted by atomic mass is 19.4. The van der Waals surface area contributed by atoms with Gasteiger partial charge in [0.25, 0.3) is 0 Å². The van der Waals surface area contributed by atoms with Gasteiger partial charge in [-0.1, -0.05) is 0 Å². The molecule has 1 heterocycles. The van der Waals surface area contributed by atoms with Crippen molar-refractivity contribution in [2.45, 2.75) is 31.5 Å². The summed E-state index contributed by atoms with van der Waals surface area (Å²) in [7, 11) is 0. The Morgan fingerprint density at radius 3 is 2.56 bits per heavy atom. The Kier molecular flexibility index (Phi) is 4.85. The van der Waals surface area contributed by atoms with Crippen molar-refractivity contribution in [1.82, 2.24) is 10.6 Å². The van der Waals surface area contributed by atoms with E-state index in [1.165, 1.54) is 0 Å². The SMILES string of the molecule is O=C(NCCC(F)(F)F)OC1CCNCC1. The zero-order valence-electron chi connectivity index (χ0n) is 8.77. The third kappa shape index (κ3) is 5.79. The number of amides is 1. The number of hydrogen-bond acceptors (Lipinski definition) is 3. The second-order valence-corrected chi connectivity index (χ2v) is 3.65. The molecule has 0 aromatic rings. The van der Waals surface area contributed by atoms with E-state index in [1.807, 2.05) is 0 Å². The first kappa shape index (κ1) is 13.1. The summed E-state index contributed by atoms with van der Waals surface area (Å²) >= 11 is 0. The number of carbonyl (C=O) groups is 1. The molecule has 4 nitrogen and oxygen atoms in total. The van der Waals surface area contributed by atoms with Crippen LogP contribution in [-0.4, -0.2) is 38.0 Å². The molecule has 0 aliphatic carbocycles. The van der Waals surface area contributed by atoms with Gasteiger partial charge in [-0.2, -0.15) is 13.2 Å². The maximum atomic E-state index is 11.8. The largest absolute Gasteiger partial charge is 0.446 e. The second kappa shape index (κ2) is 5.93. The Morgan fingerprint density at radius 1 is 1.38 bits per heavy atom. The van der Waals surface area contributed by atoms with Gasteiger partial charge in [0.05, 0.1) is 6.42 Å². The van der Waals surface area contributed by atoms with Crippen LogP contribution >= 0.6 is 0 Å². The van der Waals surface area contributed by atoms with Crippen LogP contribution in [0.5, 0.6) is 0 Å². The summed E-state index contributed by atoms with van der Waals surface area (Å²) < 4.78 is 40.2. The van der Waals surface area contributed by atoms with Crippen LogP contribution in [0.3, 0.4) is 0 Å². The maximum Gasteiger partial charge on any atom is 0.407 e. The third-order valence-corrected chi connectivity index (χ3v) is 2.24. The van der Waals surface area contributed by atoms with Gasteiger partial charge in [-0.15, -0.1) is 0 Å². The van der Waals surface area contributed by atoms with Crippen molar-refractivity contribution < 1.29 is 22.7 Å². The minimum absolute atomic E-state index is 0.188. The average molecular weight is 240 g/mol. The molecule has 0 aromatic heterocycles. The fourth-order valence-corrected chi connectivity index (χ4v) is 1.41. The van der Waals surface area contributed by atoms with E-state index in [-0.39, 0.29) is 6.10 Å². The minimum atomic E-state index is -4.25. The lowest BCUT2D eigenvalue weighted by Crippen LogP contribution is -2.37. The Hall–Kier alpha value is -0.980. The lowest BCUT2D eigenvalue weighted by Gasteiger charge is -2.22. The minimum Gasteiger partial charge on any atom is -0.446 e. The third-order valence-electron chi connectivity index (χ3n) is 2.24. The van der Waals surface area contributed by atoms with E-state index in [0.717, 1.165) is 13.1 Å². The van der Waals surface area contributed by atoms with E-state index in [1.54, 1.807) is 0 Å². The fraction of sp³-hybridized carbons (Fsp3) is 0.889. The number of rotatable bonds is 3. The molecule has 0 radical (unpaired) electrons. The Morgan fingerprint density at radius 2 is 2.00 bits per heavy atom. The monoisotopic (exact) mass is 240 g/mol. The first-order valence-electron chi connectivity index (χ1n) is 5.19. The van der Waals surface area contributed by atoms with Crippen molar-refractivity contribution >= 4 is 6.09 Å². The van der Waals surface area contributed by atoms with Crippen LogP contribution in [0.1, 0.15) is 19.3 Å². The van der Waals surface area contributed by atoms with Crippen molar-refractivity contribution in [3.05, 3.63) is 0 Å². The van der Waals surface area contributed by atoms with E-state index in [2.05, 4.69) is 10.6 Å². The number of nitrogens with one attached hydrogen (secondary N) is 2. The zero-order chi connectivity index (χ0) is 12.0. The van der Waals surface area contributed by atoms with Crippen LogP contribution < -0.4 is 10.6 Å². The molecule has 0 aromatic carbocycles. The number of hydrogen-bond donors (Lipinski definition) is 2. The lowest BCUT2D eigenvalue weighted by molar-refractivity contribution is -0.133.